The Morgan fingerprint density at radius 1 is 1.19 bits per heavy atom. The van der Waals surface area contributed by atoms with E-state index < -0.39 is 0 Å². The summed E-state index contributed by atoms with van der Waals surface area (Å²) in [5.41, 5.74) is 8.49. The van der Waals surface area contributed by atoms with Crippen LogP contribution in [0, 0.1) is 0 Å². The second-order valence-corrected chi connectivity index (χ2v) is 7.03. The molecule has 1 heterocycles. The zero-order valence-corrected chi connectivity index (χ0v) is 16.3. The number of benzene rings is 2. The molecule has 0 aliphatic carbocycles. The lowest BCUT2D eigenvalue weighted by atomic mass is 9.95. The Bertz CT molecular complexity index is 726. The first-order valence-corrected chi connectivity index (χ1v) is 8.99. The van der Waals surface area contributed by atoms with Crippen LogP contribution < -0.4 is 11.1 Å². The van der Waals surface area contributed by atoms with E-state index in [1.807, 2.05) is 49.4 Å². The van der Waals surface area contributed by atoms with Crippen molar-refractivity contribution in [3.63, 3.8) is 0 Å². The molecule has 0 saturated carbocycles. The van der Waals surface area contributed by atoms with E-state index in [9.17, 15) is 4.79 Å². The van der Waals surface area contributed by atoms with Crippen LogP contribution in [-0.2, 0) is 11.3 Å². The molecule has 26 heavy (non-hydrogen) atoms. The highest BCUT2D eigenvalue weighted by Crippen LogP contribution is 2.27. The number of nitrogens with one attached hydrogen (secondary N) is 1. The number of halogens is 2. The fourth-order valence-corrected chi connectivity index (χ4v) is 3.57. The largest absolute Gasteiger partial charge is 0.351 e. The highest BCUT2D eigenvalue weighted by Gasteiger charge is 2.35. The third-order valence-corrected chi connectivity index (χ3v) is 5.33. The lowest BCUT2D eigenvalue weighted by Crippen LogP contribution is -2.44. The van der Waals surface area contributed by atoms with Crippen molar-refractivity contribution in [2.45, 2.75) is 31.5 Å². The van der Waals surface area contributed by atoms with E-state index in [0.29, 0.717) is 11.6 Å². The average Bonchev–Trinajstić information content (AvgIpc) is 3.02. The number of carbonyl (C=O) groups excluding carboxylic acids is 1. The predicted molar refractivity (Wildman–Crippen MR) is 109 cm³/mol. The first-order valence-electron chi connectivity index (χ1n) is 8.62. The zero-order valence-electron chi connectivity index (χ0n) is 14.8. The molecule has 1 aliphatic rings. The summed E-state index contributed by atoms with van der Waals surface area (Å²) in [4.78, 5) is 14.7. The maximum Gasteiger partial charge on any atom is 0.237 e. The van der Waals surface area contributed by atoms with Crippen LogP contribution in [0.25, 0.3) is 0 Å². The minimum Gasteiger partial charge on any atom is -0.351 e. The number of carbonyl (C=O) groups is 1. The van der Waals surface area contributed by atoms with Gasteiger partial charge in [-0.1, -0.05) is 60.1 Å². The second kappa shape index (κ2) is 9.38. The smallest absolute Gasteiger partial charge is 0.237 e. The SMILES string of the molecule is CC(C(=O)NCc1ccccc1Cl)N1C[C@@H](N)[C@H](c2ccccc2)C1.Cl. The maximum atomic E-state index is 12.5. The molecule has 3 atom stereocenters. The molecule has 1 aliphatic heterocycles. The van der Waals surface area contributed by atoms with Gasteiger partial charge in [0.15, 0.2) is 0 Å². The molecular weight excluding hydrogens is 369 g/mol. The zero-order chi connectivity index (χ0) is 17.8. The lowest BCUT2D eigenvalue weighted by molar-refractivity contribution is -0.125. The Balaban J connectivity index is 0.00000243. The number of likely N-dealkylation sites (tertiary alicyclic amines) is 1. The number of nitrogens with zero attached hydrogens (tertiary/aromatic N) is 1. The van der Waals surface area contributed by atoms with Crippen LogP contribution in [0.4, 0.5) is 0 Å². The topological polar surface area (TPSA) is 58.4 Å². The monoisotopic (exact) mass is 393 g/mol. The summed E-state index contributed by atoms with van der Waals surface area (Å²) in [5.74, 6) is 0.265. The van der Waals surface area contributed by atoms with Gasteiger partial charge in [0, 0.05) is 36.6 Å². The van der Waals surface area contributed by atoms with E-state index in [4.69, 9.17) is 17.3 Å². The third-order valence-electron chi connectivity index (χ3n) is 4.96. The summed E-state index contributed by atoms with van der Waals surface area (Å²) in [7, 11) is 0. The Kier molecular flexibility index (Phi) is 7.47. The molecule has 2 aromatic carbocycles. The van der Waals surface area contributed by atoms with E-state index in [-0.39, 0.29) is 36.3 Å². The number of rotatable bonds is 5. The highest BCUT2D eigenvalue weighted by atomic mass is 35.5. The van der Waals surface area contributed by atoms with Crippen LogP contribution in [0.15, 0.2) is 54.6 Å². The Labute approximate surface area is 166 Å². The van der Waals surface area contributed by atoms with Crippen molar-refractivity contribution in [2.75, 3.05) is 13.1 Å². The van der Waals surface area contributed by atoms with Gasteiger partial charge in [-0.25, -0.2) is 0 Å². The number of nitrogens with two attached hydrogens (primary N) is 1. The molecule has 4 nitrogen and oxygen atoms in total. The van der Waals surface area contributed by atoms with E-state index >= 15 is 0 Å². The molecule has 3 rings (SSSR count). The average molecular weight is 394 g/mol. The van der Waals surface area contributed by atoms with Gasteiger partial charge in [0.25, 0.3) is 0 Å². The van der Waals surface area contributed by atoms with Gasteiger partial charge in [0.2, 0.25) is 5.91 Å². The first kappa shape index (κ1) is 20.7. The van der Waals surface area contributed by atoms with Crippen molar-refractivity contribution in [3.8, 4) is 0 Å². The molecule has 1 unspecified atom stereocenters. The summed E-state index contributed by atoms with van der Waals surface area (Å²) < 4.78 is 0. The van der Waals surface area contributed by atoms with Crippen molar-refractivity contribution in [3.05, 3.63) is 70.7 Å². The highest BCUT2D eigenvalue weighted by molar-refractivity contribution is 6.31. The van der Waals surface area contributed by atoms with Crippen molar-refractivity contribution in [1.82, 2.24) is 10.2 Å². The van der Waals surface area contributed by atoms with E-state index in [1.54, 1.807) is 0 Å². The van der Waals surface area contributed by atoms with Gasteiger partial charge in [-0.3, -0.25) is 9.69 Å². The molecule has 0 aromatic heterocycles. The van der Waals surface area contributed by atoms with E-state index in [2.05, 4.69) is 22.3 Å². The van der Waals surface area contributed by atoms with Crippen molar-refractivity contribution in [1.29, 1.82) is 0 Å². The fourth-order valence-electron chi connectivity index (χ4n) is 3.37. The molecule has 1 saturated heterocycles. The van der Waals surface area contributed by atoms with Gasteiger partial charge < -0.3 is 11.1 Å². The second-order valence-electron chi connectivity index (χ2n) is 6.62. The van der Waals surface area contributed by atoms with Gasteiger partial charge in [-0.05, 0) is 24.1 Å². The normalized spacial score (nSPS) is 21.0. The van der Waals surface area contributed by atoms with Crippen LogP contribution >= 0.6 is 24.0 Å². The third kappa shape index (κ3) is 4.77. The van der Waals surface area contributed by atoms with Crippen molar-refractivity contribution < 1.29 is 4.79 Å². The van der Waals surface area contributed by atoms with Crippen LogP contribution in [0.2, 0.25) is 5.02 Å². The Hall–Kier alpha value is -1.59. The molecule has 6 heteroatoms. The number of hydrogen-bond donors (Lipinski definition) is 2. The number of amides is 1. The van der Waals surface area contributed by atoms with Gasteiger partial charge in [-0.2, -0.15) is 0 Å². The molecule has 1 fully saturated rings. The van der Waals surface area contributed by atoms with Crippen LogP contribution in [-0.4, -0.2) is 36.0 Å². The van der Waals surface area contributed by atoms with Crippen molar-refractivity contribution in [2.24, 2.45) is 5.73 Å². The number of hydrogen-bond acceptors (Lipinski definition) is 3. The minimum atomic E-state index is -0.220. The molecule has 3 N–H and O–H groups in total. The minimum absolute atomic E-state index is 0. The quantitative estimate of drug-likeness (QED) is 0.819. The lowest BCUT2D eigenvalue weighted by Gasteiger charge is -2.23. The molecular formula is C20H25Cl2N3O. The molecule has 2 aromatic rings. The standard InChI is InChI=1S/C20H24ClN3O.ClH/c1-14(20(25)23-11-16-9-5-6-10-18(16)21)24-12-17(19(22)13-24)15-7-3-2-4-8-15;/h2-10,14,17,19H,11-13,22H2,1H3,(H,23,25);1H/t14?,17-,19+;/m0./s1. The Morgan fingerprint density at radius 3 is 2.54 bits per heavy atom. The molecule has 140 valence electrons. The predicted octanol–water partition coefficient (Wildman–Crippen LogP) is 3.19. The Morgan fingerprint density at radius 2 is 1.85 bits per heavy atom. The van der Waals surface area contributed by atoms with E-state index in [0.717, 1.165) is 18.7 Å². The van der Waals surface area contributed by atoms with Gasteiger partial charge in [0.05, 0.1) is 6.04 Å². The van der Waals surface area contributed by atoms with Gasteiger partial charge in [0.1, 0.15) is 0 Å². The fraction of sp³-hybridized carbons (Fsp3) is 0.350. The summed E-state index contributed by atoms with van der Waals surface area (Å²) in [6.45, 7) is 3.89. The van der Waals surface area contributed by atoms with Crippen LogP contribution in [0.3, 0.4) is 0 Å². The summed E-state index contributed by atoms with van der Waals surface area (Å²) in [5, 5.41) is 3.65. The molecule has 1 amide bonds. The summed E-state index contributed by atoms with van der Waals surface area (Å²) in [6.07, 6.45) is 0. The van der Waals surface area contributed by atoms with Gasteiger partial charge >= 0.3 is 0 Å². The summed E-state index contributed by atoms with van der Waals surface area (Å²) in [6, 6.07) is 17.7. The van der Waals surface area contributed by atoms with Crippen LogP contribution in [0.5, 0.6) is 0 Å². The van der Waals surface area contributed by atoms with Crippen molar-refractivity contribution >= 4 is 29.9 Å². The van der Waals surface area contributed by atoms with Crippen LogP contribution in [0.1, 0.15) is 24.0 Å². The molecule has 0 bridgehead atoms. The maximum absolute atomic E-state index is 12.5. The summed E-state index contributed by atoms with van der Waals surface area (Å²) >= 11 is 6.14. The molecule has 0 radical (unpaired) electrons. The van der Waals surface area contributed by atoms with E-state index in [1.165, 1.54) is 5.56 Å². The van der Waals surface area contributed by atoms with Gasteiger partial charge in [-0.15, -0.1) is 12.4 Å². The molecule has 0 spiro atoms. The first-order chi connectivity index (χ1) is 12.1.